The molecule has 90 valence electrons. The molecule has 1 aromatic rings. The van der Waals surface area contributed by atoms with Gasteiger partial charge in [-0.15, -0.1) is 0 Å². The second-order valence-corrected chi connectivity index (χ2v) is 5.18. The van der Waals surface area contributed by atoms with E-state index in [2.05, 4.69) is 29.8 Å². The molecule has 0 aromatic carbocycles. The van der Waals surface area contributed by atoms with Gasteiger partial charge in [0.25, 0.3) is 0 Å². The second kappa shape index (κ2) is 4.93. The Bertz CT molecular complexity index is 450. The van der Waals surface area contributed by atoms with Crippen LogP contribution in [0.25, 0.3) is 0 Å². The summed E-state index contributed by atoms with van der Waals surface area (Å²) in [5.41, 5.74) is 0.578. The highest BCUT2D eigenvalue weighted by Crippen LogP contribution is 2.29. The fourth-order valence-corrected chi connectivity index (χ4v) is 2.67. The predicted octanol–water partition coefficient (Wildman–Crippen LogP) is 3.23. The Kier molecular flexibility index (Phi) is 3.54. The average Bonchev–Trinajstić information content (AvgIpc) is 2.77. The normalized spacial score (nSPS) is 19.7. The molecule has 17 heavy (non-hydrogen) atoms. The molecule has 1 aliphatic rings. The summed E-state index contributed by atoms with van der Waals surface area (Å²) in [5, 5.41) is 9.35. The zero-order chi connectivity index (χ0) is 12.4. The van der Waals surface area contributed by atoms with Gasteiger partial charge in [0.2, 0.25) is 0 Å². The van der Waals surface area contributed by atoms with Crippen molar-refractivity contribution in [3.8, 4) is 6.07 Å². The van der Waals surface area contributed by atoms with E-state index in [0.717, 1.165) is 12.4 Å². The number of rotatable bonds is 2. The Hall–Kier alpha value is -1.27. The van der Waals surface area contributed by atoms with Crippen LogP contribution in [0.1, 0.15) is 32.3 Å². The highest BCUT2D eigenvalue weighted by Gasteiger charge is 2.28. The molecule has 0 aliphatic carbocycles. The molecule has 2 rings (SSSR count). The summed E-state index contributed by atoms with van der Waals surface area (Å²) in [6.07, 6.45) is 2.37. The molecule has 0 bridgehead atoms. The van der Waals surface area contributed by atoms with E-state index in [-0.39, 0.29) is 0 Å². The van der Waals surface area contributed by atoms with Crippen LogP contribution in [0.2, 0.25) is 5.15 Å². The first-order chi connectivity index (χ1) is 8.11. The van der Waals surface area contributed by atoms with Crippen LogP contribution in [0.3, 0.4) is 0 Å². The van der Waals surface area contributed by atoms with Crippen LogP contribution >= 0.6 is 11.6 Å². The lowest BCUT2D eigenvalue weighted by molar-refractivity contribution is 0.489. The quantitative estimate of drug-likeness (QED) is 0.756. The van der Waals surface area contributed by atoms with Crippen LogP contribution in [0, 0.1) is 17.2 Å². The van der Waals surface area contributed by atoms with Crippen molar-refractivity contribution in [3.05, 3.63) is 22.8 Å². The van der Waals surface area contributed by atoms with Crippen molar-refractivity contribution in [2.24, 2.45) is 5.92 Å². The van der Waals surface area contributed by atoms with E-state index in [1.54, 1.807) is 6.07 Å². The third-order valence-corrected chi connectivity index (χ3v) is 3.47. The molecule has 1 atom stereocenters. The van der Waals surface area contributed by atoms with Gasteiger partial charge in [0.15, 0.2) is 0 Å². The topological polar surface area (TPSA) is 39.9 Å². The Morgan fingerprint density at radius 2 is 2.29 bits per heavy atom. The number of aromatic nitrogens is 1. The van der Waals surface area contributed by atoms with Gasteiger partial charge in [0.1, 0.15) is 11.0 Å². The molecule has 0 radical (unpaired) electrons. The first-order valence-corrected chi connectivity index (χ1v) is 6.34. The number of nitriles is 1. The van der Waals surface area contributed by atoms with E-state index in [0.29, 0.717) is 22.7 Å². The molecule has 3 nitrogen and oxygen atoms in total. The van der Waals surface area contributed by atoms with Crippen molar-refractivity contribution in [2.75, 3.05) is 11.4 Å². The minimum Gasteiger partial charge on any atom is -0.353 e. The molecule has 0 spiro atoms. The van der Waals surface area contributed by atoms with Crippen molar-refractivity contribution >= 4 is 17.4 Å². The Balaban J connectivity index is 2.33. The Morgan fingerprint density at radius 1 is 1.53 bits per heavy atom. The van der Waals surface area contributed by atoms with Gasteiger partial charge < -0.3 is 4.90 Å². The SMILES string of the molecule is CC(C)C1CCCN1c1cc(C#N)cc(Cl)n1. The van der Waals surface area contributed by atoms with Crippen molar-refractivity contribution in [3.63, 3.8) is 0 Å². The number of halogens is 1. The minimum atomic E-state index is 0.397. The maximum atomic E-state index is 8.95. The van der Waals surface area contributed by atoms with Crippen molar-refractivity contribution in [1.29, 1.82) is 5.26 Å². The molecule has 1 aliphatic heterocycles. The lowest BCUT2D eigenvalue weighted by atomic mass is 10.0. The van der Waals surface area contributed by atoms with Crippen LogP contribution in [0.5, 0.6) is 0 Å². The van der Waals surface area contributed by atoms with Crippen LogP contribution in [0.4, 0.5) is 5.82 Å². The van der Waals surface area contributed by atoms with E-state index in [9.17, 15) is 0 Å². The Labute approximate surface area is 107 Å². The summed E-state index contributed by atoms with van der Waals surface area (Å²) in [7, 11) is 0. The molecular formula is C13H16ClN3. The van der Waals surface area contributed by atoms with Gasteiger partial charge in [0.05, 0.1) is 11.6 Å². The lowest BCUT2D eigenvalue weighted by Crippen LogP contribution is -2.34. The zero-order valence-electron chi connectivity index (χ0n) is 10.2. The monoisotopic (exact) mass is 249 g/mol. The van der Waals surface area contributed by atoms with Gasteiger partial charge in [-0.05, 0) is 30.9 Å². The first-order valence-electron chi connectivity index (χ1n) is 5.96. The van der Waals surface area contributed by atoms with Crippen LogP contribution in [-0.2, 0) is 0 Å². The van der Waals surface area contributed by atoms with Crippen molar-refractivity contribution in [1.82, 2.24) is 4.98 Å². The molecule has 1 fully saturated rings. The first kappa shape index (κ1) is 12.2. The molecule has 2 heterocycles. The van der Waals surface area contributed by atoms with Gasteiger partial charge in [-0.2, -0.15) is 5.26 Å². The summed E-state index contributed by atoms with van der Waals surface area (Å²) >= 11 is 5.95. The molecule has 0 amide bonds. The summed E-state index contributed by atoms with van der Waals surface area (Å²) in [6, 6.07) is 6.06. The second-order valence-electron chi connectivity index (χ2n) is 4.80. The number of anilines is 1. The van der Waals surface area contributed by atoms with E-state index in [1.807, 2.05) is 6.07 Å². The van der Waals surface area contributed by atoms with E-state index in [4.69, 9.17) is 16.9 Å². The van der Waals surface area contributed by atoms with Gasteiger partial charge in [-0.1, -0.05) is 25.4 Å². The fourth-order valence-electron chi connectivity index (χ4n) is 2.46. The third-order valence-electron chi connectivity index (χ3n) is 3.27. The smallest absolute Gasteiger partial charge is 0.132 e. The number of pyridine rings is 1. The summed E-state index contributed by atoms with van der Waals surface area (Å²) in [4.78, 5) is 6.61. The molecule has 1 saturated heterocycles. The van der Waals surface area contributed by atoms with Gasteiger partial charge >= 0.3 is 0 Å². The highest BCUT2D eigenvalue weighted by atomic mass is 35.5. The van der Waals surface area contributed by atoms with E-state index >= 15 is 0 Å². The van der Waals surface area contributed by atoms with Gasteiger partial charge in [0, 0.05) is 12.6 Å². The fraction of sp³-hybridized carbons (Fsp3) is 0.538. The van der Waals surface area contributed by atoms with Crippen LogP contribution in [-0.4, -0.2) is 17.6 Å². The zero-order valence-corrected chi connectivity index (χ0v) is 10.9. The maximum Gasteiger partial charge on any atom is 0.132 e. The molecule has 0 saturated carbocycles. The van der Waals surface area contributed by atoms with E-state index in [1.165, 1.54) is 12.8 Å². The van der Waals surface area contributed by atoms with Crippen molar-refractivity contribution in [2.45, 2.75) is 32.7 Å². The van der Waals surface area contributed by atoms with Crippen LogP contribution < -0.4 is 4.90 Å². The Morgan fingerprint density at radius 3 is 2.94 bits per heavy atom. The minimum absolute atomic E-state index is 0.397. The van der Waals surface area contributed by atoms with Gasteiger partial charge in [-0.25, -0.2) is 4.98 Å². The third kappa shape index (κ3) is 2.53. The predicted molar refractivity (Wildman–Crippen MR) is 69.2 cm³/mol. The standard InChI is InChI=1S/C13H16ClN3/c1-9(2)11-4-3-5-17(11)13-7-10(8-15)6-12(14)16-13/h6-7,9,11H,3-5H2,1-2H3. The number of hydrogen-bond acceptors (Lipinski definition) is 3. The molecule has 0 N–H and O–H groups in total. The summed E-state index contributed by atoms with van der Waals surface area (Å²) in [6.45, 7) is 5.44. The number of nitrogens with zero attached hydrogens (tertiary/aromatic N) is 3. The summed E-state index contributed by atoms with van der Waals surface area (Å²) in [5.74, 6) is 1.43. The molecule has 4 heteroatoms. The summed E-state index contributed by atoms with van der Waals surface area (Å²) < 4.78 is 0. The molecular weight excluding hydrogens is 234 g/mol. The van der Waals surface area contributed by atoms with E-state index < -0.39 is 0 Å². The maximum absolute atomic E-state index is 8.95. The van der Waals surface area contributed by atoms with Gasteiger partial charge in [-0.3, -0.25) is 0 Å². The average molecular weight is 250 g/mol. The highest BCUT2D eigenvalue weighted by molar-refractivity contribution is 6.29. The van der Waals surface area contributed by atoms with Crippen molar-refractivity contribution < 1.29 is 0 Å². The molecule has 1 unspecified atom stereocenters. The largest absolute Gasteiger partial charge is 0.353 e. The lowest BCUT2D eigenvalue weighted by Gasteiger charge is -2.28. The van der Waals surface area contributed by atoms with Crippen LogP contribution in [0.15, 0.2) is 12.1 Å². The number of hydrogen-bond donors (Lipinski definition) is 0. The molecule has 1 aromatic heterocycles.